The Balaban J connectivity index is 1.57. The van der Waals surface area contributed by atoms with Crippen LogP contribution in [0.5, 0.6) is 0 Å². The van der Waals surface area contributed by atoms with Crippen molar-refractivity contribution in [1.82, 2.24) is 14.9 Å². The van der Waals surface area contributed by atoms with Crippen molar-refractivity contribution in [3.05, 3.63) is 63.2 Å². The van der Waals surface area contributed by atoms with Crippen molar-refractivity contribution in [2.75, 3.05) is 18.9 Å². The summed E-state index contributed by atoms with van der Waals surface area (Å²) in [4.78, 5) is 33.2. The van der Waals surface area contributed by atoms with Crippen LogP contribution in [0.4, 0.5) is 21.6 Å². The molecule has 8 nitrogen and oxygen atoms in total. The van der Waals surface area contributed by atoms with Gasteiger partial charge in [0.25, 0.3) is 5.69 Å². The van der Waals surface area contributed by atoms with Gasteiger partial charge in [0.05, 0.1) is 32.5 Å². The topological polar surface area (TPSA) is 101 Å². The van der Waals surface area contributed by atoms with Gasteiger partial charge < -0.3 is 10.2 Å². The number of amides is 1. The Morgan fingerprint density at radius 3 is 2.91 bits per heavy atom. The number of benzene rings is 2. The van der Waals surface area contributed by atoms with Crippen LogP contribution in [0.25, 0.3) is 10.9 Å². The van der Waals surface area contributed by atoms with Crippen LogP contribution in [0.3, 0.4) is 0 Å². The zero-order chi connectivity index (χ0) is 22.6. The summed E-state index contributed by atoms with van der Waals surface area (Å²) in [5.74, 6) is 5.47. The average molecular weight is 452 g/mol. The number of nitro groups is 1. The summed E-state index contributed by atoms with van der Waals surface area (Å²) in [5, 5.41) is 14.9. The molecule has 2 heterocycles. The van der Waals surface area contributed by atoms with Crippen molar-refractivity contribution in [2.45, 2.75) is 6.42 Å². The Hall–Kier alpha value is -3.77. The number of nitrogens with one attached hydrogen (secondary N) is 1. The highest BCUT2D eigenvalue weighted by Crippen LogP contribution is 2.57. The minimum absolute atomic E-state index is 0.0593. The Labute approximate surface area is 186 Å². The number of hydrogen-bond donors (Lipinski definition) is 1. The fourth-order valence-electron chi connectivity index (χ4n) is 4.11. The van der Waals surface area contributed by atoms with E-state index in [0.717, 1.165) is 0 Å². The lowest BCUT2D eigenvalue weighted by Crippen LogP contribution is -2.24. The van der Waals surface area contributed by atoms with Gasteiger partial charge in [0.1, 0.15) is 17.7 Å². The quantitative estimate of drug-likeness (QED) is 0.368. The van der Waals surface area contributed by atoms with Gasteiger partial charge in [-0.2, -0.15) is 0 Å². The number of likely N-dealkylation sites (tertiary alicyclic amines) is 1. The van der Waals surface area contributed by atoms with Crippen LogP contribution in [0, 0.1) is 39.1 Å². The molecule has 1 saturated heterocycles. The molecular formula is C22H15ClFN5O3. The molecule has 3 aromatic rings. The van der Waals surface area contributed by atoms with Crippen molar-refractivity contribution in [3.63, 3.8) is 0 Å². The molecule has 0 bridgehead atoms. The summed E-state index contributed by atoms with van der Waals surface area (Å²) < 4.78 is 14.3. The van der Waals surface area contributed by atoms with E-state index < -0.39 is 16.2 Å². The van der Waals surface area contributed by atoms with Crippen LogP contribution in [0.15, 0.2) is 36.7 Å². The standard InChI is InChI=1S/C22H15ClFN5O3/c1-28-10-22(9-14(22)21(28)30)6-5-12-7-17-13(8-18(12)29(31)32)20(26-11-25-17)27-16-4-2-3-15(23)19(16)24/h2-4,7-8,11,14H,9-10H2,1H3,(H,25,26,27)/t14-,22+/m1/s1. The first kappa shape index (κ1) is 20.2. The number of fused-ring (bicyclic) bond motifs is 2. The van der Waals surface area contributed by atoms with Crippen LogP contribution in [0.1, 0.15) is 12.0 Å². The van der Waals surface area contributed by atoms with E-state index in [1.807, 2.05) is 0 Å². The van der Waals surface area contributed by atoms with E-state index in [0.29, 0.717) is 23.9 Å². The van der Waals surface area contributed by atoms with E-state index >= 15 is 0 Å². The lowest BCUT2D eigenvalue weighted by Gasteiger charge is -2.11. The normalized spacial score (nSPS) is 21.2. The summed E-state index contributed by atoms with van der Waals surface area (Å²) in [6, 6.07) is 7.29. The first-order chi connectivity index (χ1) is 15.3. The first-order valence-corrected chi connectivity index (χ1v) is 10.1. The molecule has 1 aromatic heterocycles. The number of carbonyl (C=O) groups excluding carboxylic acids is 1. The lowest BCUT2D eigenvalue weighted by atomic mass is 10.0. The van der Waals surface area contributed by atoms with Crippen molar-refractivity contribution < 1.29 is 14.1 Å². The van der Waals surface area contributed by atoms with Crippen LogP contribution in [-0.4, -0.2) is 39.3 Å². The number of nitro benzene ring substituents is 1. The number of piperidine rings is 1. The zero-order valence-corrected chi connectivity index (χ0v) is 17.5. The maximum Gasteiger partial charge on any atom is 0.285 e. The van der Waals surface area contributed by atoms with E-state index in [9.17, 15) is 19.3 Å². The molecule has 2 aliphatic rings. The molecule has 2 fully saturated rings. The van der Waals surface area contributed by atoms with Crippen LogP contribution >= 0.6 is 11.6 Å². The highest BCUT2D eigenvalue weighted by atomic mass is 35.5. The number of rotatable bonds is 3. The molecule has 160 valence electrons. The largest absolute Gasteiger partial charge is 0.344 e. The number of carbonyl (C=O) groups is 1. The van der Waals surface area contributed by atoms with Crippen molar-refractivity contribution in [3.8, 4) is 11.8 Å². The maximum absolute atomic E-state index is 14.3. The highest BCUT2D eigenvalue weighted by molar-refractivity contribution is 6.31. The van der Waals surface area contributed by atoms with Crippen LogP contribution in [-0.2, 0) is 4.79 Å². The van der Waals surface area contributed by atoms with Crippen LogP contribution in [0.2, 0.25) is 5.02 Å². The predicted octanol–water partition coefficient (Wildman–Crippen LogP) is 3.90. The molecular weight excluding hydrogens is 437 g/mol. The number of nitrogens with zero attached hydrogens (tertiary/aromatic N) is 4. The molecule has 0 spiro atoms. The molecule has 0 radical (unpaired) electrons. The molecule has 2 atom stereocenters. The van der Waals surface area contributed by atoms with Gasteiger partial charge in [-0.25, -0.2) is 14.4 Å². The van der Waals surface area contributed by atoms with Gasteiger partial charge in [-0.3, -0.25) is 14.9 Å². The Morgan fingerprint density at radius 2 is 2.19 bits per heavy atom. The molecule has 0 unspecified atom stereocenters. The Kier molecular flexibility index (Phi) is 4.50. The summed E-state index contributed by atoms with van der Waals surface area (Å²) in [5.41, 5.74) is 0.0305. The predicted molar refractivity (Wildman–Crippen MR) is 116 cm³/mol. The minimum atomic E-state index is -0.660. The monoisotopic (exact) mass is 451 g/mol. The molecule has 2 aromatic carbocycles. The van der Waals surface area contributed by atoms with E-state index in [1.54, 1.807) is 18.0 Å². The molecule has 1 saturated carbocycles. The summed E-state index contributed by atoms with van der Waals surface area (Å²) >= 11 is 5.83. The molecule has 5 rings (SSSR count). The number of hydrogen-bond acceptors (Lipinski definition) is 6. The van der Waals surface area contributed by atoms with Gasteiger partial charge in [0, 0.05) is 25.0 Å². The Morgan fingerprint density at radius 1 is 1.38 bits per heavy atom. The van der Waals surface area contributed by atoms with E-state index in [-0.39, 0.29) is 39.6 Å². The minimum Gasteiger partial charge on any atom is -0.344 e. The van der Waals surface area contributed by atoms with Gasteiger partial charge in [0.15, 0.2) is 5.82 Å². The molecule has 1 aliphatic heterocycles. The van der Waals surface area contributed by atoms with Crippen molar-refractivity contribution >= 4 is 45.6 Å². The SMILES string of the molecule is CN1C[C@]2(C#Cc3cc4ncnc(Nc5cccc(Cl)c5F)c4cc3[N+](=O)[O-])C[C@@H]2C1=O. The highest BCUT2D eigenvalue weighted by Gasteiger charge is 2.64. The molecule has 1 amide bonds. The van der Waals surface area contributed by atoms with E-state index in [2.05, 4.69) is 27.1 Å². The third-order valence-electron chi connectivity index (χ3n) is 5.87. The number of halogens is 2. The second-order valence-electron chi connectivity index (χ2n) is 7.95. The van der Waals surface area contributed by atoms with Gasteiger partial charge in [0.2, 0.25) is 5.91 Å². The van der Waals surface area contributed by atoms with Crippen LogP contribution < -0.4 is 5.32 Å². The molecule has 32 heavy (non-hydrogen) atoms. The van der Waals surface area contributed by atoms with E-state index in [4.69, 9.17) is 11.6 Å². The molecule has 1 aliphatic carbocycles. The van der Waals surface area contributed by atoms with Gasteiger partial charge in [-0.1, -0.05) is 29.5 Å². The van der Waals surface area contributed by atoms with E-state index in [1.165, 1.54) is 30.6 Å². The smallest absolute Gasteiger partial charge is 0.285 e. The third-order valence-corrected chi connectivity index (χ3v) is 6.16. The first-order valence-electron chi connectivity index (χ1n) is 9.71. The van der Waals surface area contributed by atoms with Crippen molar-refractivity contribution in [2.24, 2.45) is 11.3 Å². The molecule has 1 N–H and O–H groups in total. The van der Waals surface area contributed by atoms with Gasteiger partial charge >= 0.3 is 0 Å². The molecule has 10 heteroatoms. The lowest BCUT2D eigenvalue weighted by molar-refractivity contribution is -0.385. The fourth-order valence-corrected chi connectivity index (χ4v) is 4.29. The Bertz CT molecular complexity index is 1390. The number of anilines is 2. The summed E-state index contributed by atoms with van der Waals surface area (Å²) in [7, 11) is 1.73. The van der Waals surface area contributed by atoms with Gasteiger partial charge in [-0.05, 0) is 24.6 Å². The average Bonchev–Trinajstić information content (AvgIpc) is 3.42. The third kappa shape index (κ3) is 3.20. The fraction of sp³-hybridized carbons (Fsp3) is 0.227. The van der Waals surface area contributed by atoms with Crippen molar-refractivity contribution in [1.29, 1.82) is 0 Å². The number of aromatic nitrogens is 2. The second kappa shape index (κ2) is 7.14. The zero-order valence-electron chi connectivity index (χ0n) is 16.7. The van der Waals surface area contributed by atoms with Gasteiger partial charge in [-0.15, -0.1) is 0 Å². The maximum atomic E-state index is 14.3. The summed E-state index contributed by atoms with van der Waals surface area (Å²) in [6.45, 7) is 0.520. The second-order valence-corrected chi connectivity index (χ2v) is 8.36. The summed E-state index contributed by atoms with van der Waals surface area (Å²) in [6.07, 6.45) is 1.95.